The number of aryl methyl sites for hydroxylation is 2. The van der Waals surface area contributed by atoms with Crippen molar-refractivity contribution < 1.29 is 4.79 Å². The third-order valence-corrected chi connectivity index (χ3v) is 5.17. The van der Waals surface area contributed by atoms with Gasteiger partial charge in [-0.3, -0.25) is 4.79 Å². The number of piperazine rings is 1. The number of halogens is 1. The maximum absolute atomic E-state index is 12.4. The SMILES string of the molecule is Cc1ccc(Cn2nc(C)c(/C=C\C(=O)N3CCN(C)CC3)c2Cl)cc1. The van der Waals surface area contributed by atoms with Crippen LogP contribution in [0.15, 0.2) is 30.3 Å². The molecule has 26 heavy (non-hydrogen) atoms. The van der Waals surface area contributed by atoms with Gasteiger partial charge in [-0.2, -0.15) is 5.10 Å². The molecule has 0 saturated carbocycles. The van der Waals surface area contributed by atoms with Gasteiger partial charge in [-0.25, -0.2) is 4.68 Å². The van der Waals surface area contributed by atoms with E-state index in [2.05, 4.69) is 48.2 Å². The van der Waals surface area contributed by atoms with Crippen molar-refractivity contribution in [1.82, 2.24) is 19.6 Å². The smallest absolute Gasteiger partial charge is 0.246 e. The van der Waals surface area contributed by atoms with Crippen molar-refractivity contribution in [2.75, 3.05) is 33.2 Å². The van der Waals surface area contributed by atoms with E-state index < -0.39 is 0 Å². The average molecular weight is 373 g/mol. The zero-order valence-electron chi connectivity index (χ0n) is 15.6. The Kier molecular flexibility index (Phi) is 5.79. The van der Waals surface area contributed by atoms with Gasteiger partial charge in [0.2, 0.25) is 5.91 Å². The number of aromatic nitrogens is 2. The molecule has 1 saturated heterocycles. The van der Waals surface area contributed by atoms with Crippen LogP contribution in [0.1, 0.15) is 22.4 Å². The molecule has 1 aromatic carbocycles. The molecule has 138 valence electrons. The van der Waals surface area contributed by atoms with Crippen LogP contribution in [-0.2, 0) is 11.3 Å². The van der Waals surface area contributed by atoms with E-state index in [1.165, 1.54) is 5.56 Å². The van der Waals surface area contributed by atoms with Crippen molar-refractivity contribution in [3.8, 4) is 0 Å². The number of nitrogens with zero attached hydrogens (tertiary/aromatic N) is 4. The molecule has 0 bridgehead atoms. The highest BCUT2D eigenvalue weighted by atomic mass is 35.5. The Morgan fingerprint density at radius 3 is 2.46 bits per heavy atom. The van der Waals surface area contributed by atoms with Crippen LogP contribution in [0.3, 0.4) is 0 Å². The minimum Gasteiger partial charge on any atom is -0.337 e. The molecule has 1 aliphatic rings. The Labute approximate surface area is 159 Å². The normalized spacial score (nSPS) is 15.8. The molecule has 3 rings (SSSR count). The van der Waals surface area contributed by atoms with Gasteiger partial charge in [-0.05, 0) is 32.5 Å². The lowest BCUT2D eigenvalue weighted by atomic mass is 10.1. The molecule has 1 amide bonds. The average Bonchev–Trinajstić information content (AvgIpc) is 2.89. The number of carbonyl (C=O) groups is 1. The lowest BCUT2D eigenvalue weighted by Crippen LogP contribution is -2.46. The second-order valence-electron chi connectivity index (χ2n) is 6.90. The molecule has 0 radical (unpaired) electrons. The number of carbonyl (C=O) groups excluding carboxylic acids is 1. The summed E-state index contributed by atoms with van der Waals surface area (Å²) in [5, 5.41) is 5.09. The van der Waals surface area contributed by atoms with Crippen LogP contribution < -0.4 is 0 Å². The predicted octanol–water partition coefficient (Wildman–Crippen LogP) is 2.99. The second-order valence-corrected chi connectivity index (χ2v) is 7.25. The summed E-state index contributed by atoms with van der Waals surface area (Å²) in [5.74, 6) is 0.0276. The summed E-state index contributed by atoms with van der Waals surface area (Å²) < 4.78 is 1.78. The summed E-state index contributed by atoms with van der Waals surface area (Å²) >= 11 is 6.52. The molecular weight excluding hydrogens is 348 g/mol. The third kappa shape index (κ3) is 4.34. The quantitative estimate of drug-likeness (QED) is 0.775. The van der Waals surface area contributed by atoms with E-state index >= 15 is 0 Å². The van der Waals surface area contributed by atoms with Crippen molar-refractivity contribution in [2.45, 2.75) is 20.4 Å². The van der Waals surface area contributed by atoms with E-state index in [-0.39, 0.29) is 5.91 Å². The van der Waals surface area contributed by atoms with Crippen molar-refractivity contribution in [3.63, 3.8) is 0 Å². The first-order valence-electron chi connectivity index (χ1n) is 8.88. The first kappa shape index (κ1) is 18.7. The first-order valence-corrected chi connectivity index (χ1v) is 9.26. The van der Waals surface area contributed by atoms with Gasteiger partial charge in [0.1, 0.15) is 5.15 Å². The van der Waals surface area contributed by atoms with Crippen molar-refractivity contribution >= 4 is 23.6 Å². The maximum Gasteiger partial charge on any atom is 0.246 e. The molecule has 1 aromatic heterocycles. The fourth-order valence-corrected chi connectivity index (χ4v) is 3.31. The predicted molar refractivity (Wildman–Crippen MR) is 105 cm³/mol. The molecule has 2 aromatic rings. The summed E-state index contributed by atoms with van der Waals surface area (Å²) in [4.78, 5) is 16.5. The van der Waals surface area contributed by atoms with Crippen LogP contribution in [0.4, 0.5) is 0 Å². The molecule has 2 heterocycles. The molecule has 0 spiro atoms. The van der Waals surface area contributed by atoms with Gasteiger partial charge in [0, 0.05) is 37.8 Å². The summed E-state index contributed by atoms with van der Waals surface area (Å²) in [6.07, 6.45) is 3.40. The topological polar surface area (TPSA) is 41.4 Å². The Bertz CT molecular complexity index is 802. The van der Waals surface area contributed by atoms with E-state index in [1.54, 1.807) is 16.8 Å². The van der Waals surface area contributed by atoms with Gasteiger partial charge in [-0.1, -0.05) is 41.4 Å². The van der Waals surface area contributed by atoms with E-state index in [0.29, 0.717) is 11.7 Å². The number of benzene rings is 1. The van der Waals surface area contributed by atoms with Crippen LogP contribution in [0.25, 0.3) is 6.08 Å². The van der Waals surface area contributed by atoms with Crippen LogP contribution in [0, 0.1) is 13.8 Å². The Hall–Kier alpha value is -2.11. The van der Waals surface area contributed by atoms with Gasteiger partial charge in [-0.15, -0.1) is 0 Å². The fourth-order valence-electron chi connectivity index (χ4n) is 3.01. The van der Waals surface area contributed by atoms with E-state index in [1.807, 2.05) is 11.8 Å². The van der Waals surface area contributed by atoms with E-state index in [0.717, 1.165) is 43.0 Å². The van der Waals surface area contributed by atoms with Crippen LogP contribution in [0.2, 0.25) is 5.15 Å². The van der Waals surface area contributed by atoms with Gasteiger partial charge in [0.05, 0.1) is 12.2 Å². The highest BCUT2D eigenvalue weighted by Crippen LogP contribution is 2.22. The summed E-state index contributed by atoms with van der Waals surface area (Å²) in [6.45, 7) is 7.94. The largest absolute Gasteiger partial charge is 0.337 e. The Morgan fingerprint density at radius 1 is 1.15 bits per heavy atom. The molecule has 5 nitrogen and oxygen atoms in total. The van der Waals surface area contributed by atoms with Gasteiger partial charge < -0.3 is 9.80 Å². The van der Waals surface area contributed by atoms with Crippen LogP contribution in [-0.4, -0.2) is 58.7 Å². The zero-order chi connectivity index (χ0) is 18.7. The number of hydrogen-bond donors (Lipinski definition) is 0. The van der Waals surface area contributed by atoms with Crippen LogP contribution >= 0.6 is 11.6 Å². The number of amides is 1. The number of rotatable bonds is 4. The minimum absolute atomic E-state index is 0.0276. The van der Waals surface area contributed by atoms with Gasteiger partial charge in [0.15, 0.2) is 0 Å². The highest BCUT2D eigenvalue weighted by Gasteiger charge is 2.17. The molecule has 1 aliphatic heterocycles. The fraction of sp³-hybridized carbons (Fsp3) is 0.400. The molecule has 0 unspecified atom stereocenters. The Morgan fingerprint density at radius 2 is 1.81 bits per heavy atom. The first-order chi connectivity index (χ1) is 12.4. The van der Waals surface area contributed by atoms with E-state index in [4.69, 9.17) is 11.6 Å². The standard InChI is InChI=1S/C20H25ClN4O/c1-15-4-6-17(7-5-15)14-25-20(21)18(16(2)22-25)8-9-19(26)24-12-10-23(3)11-13-24/h4-9H,10-14H2,1-3H3/b9-8-. The third-order valence-electron chi connectivity index (χ3n) is 4.77. The molecule has 0 atom stereocenters. The molecule has 1 fully saturated rings. The second kappa shape index (κ2) is 8.06. The molecular formula is C20H25ClN4O. The molecule has 0 N–H and O–H groups in total. The van der Waals surface area contributed by atoms with Crippen molar-refractivity contribution in [2.24, 2.45) is 0 Å². The minimum atomic E-state index is 0.0276. The monoisotopic (exact) mass is 372 g/mol. The number of hydrogen-bond acceptors (Lipinski definition) is 3. The van der Waals surface area contributed by atoms with Crippen molar-refractivity contribution in [3.05, 3.63) is 57.9 Å². The lowest BCUT2D eigenvalue weighted by Gasteiger charge is -2.31. The summed E-state index contributed by atoms with van der Waals surface area (Å²) in [7, 11) is 2.07. The Balaban J connectivity index is 1.71. The summed E-state index contributed by atoms with van der Waals surface area (Å²) in [6, 6.07) is 8.31. The van der Waals surface area contributed by atoms with Crippen molar-refractivity contribution in [1.29, 1.82) is 0 Å². The summed E-state index contributed by atoms with van der Waals surface area (Å²) in [5.41, 5.74) is 4.00. The zero-order valence-corrected chi connectivity index (χ0v) is 16.3. The van der Waals surface area contributed by atoms with E-state index in [9.17, 15) is 4.79 Å². The van der Waals surface area contributed by atoms with Gasteiger partial charge in [0.25, 0.3) is 0 Å². The number of likely N-dealkylation sites (N-methyl/N-ethyl adjacent to an activating group) is 1. The highest BCUT2D eigenvalue weighted by molar-refractivity contribution is 6.31. The molecule has 0 aliphatic carbocycles. The van der Waals surface area contributed by atoms with Crippen LogP contribution in [0.5, 0.6) is 0 Å². The molecule has 6 heteroatoms. The lowest BCUT2D eigenvalue weighted by molar-refractivity contribution is -0.127. The maximum atomic E-state index is 12.4. The van der Waals surface area contributed by atoms with Gasteiger partial charge >= 0.3 is 0 Å².